The number of carboxylic acid groups (broad SMARTS) is 1. The van der Waals surface area contributed by atoms with E-state index >= 15 is 0 Å². The van der Waals surface area contributed by atoms with Gasteiger partial charge in [-0.05, 0) is 25.3 Å². The highest BCUT2D eigenvalue weighted by atomic mass is 16.5. The smallest absolute Gasteiger partial charge is 0.330 e. The topological polar surface area (TPSA) is 66.8 Å². The fourth-order valence-corrected chi connectivity index (χ4v) is 2.21. The molecule has 16 heavy (non-hydrogen) atoms. The summed E-state index contributed by atoms with van der Waals surface area (Å²) >= 11 is 0. The van der Waals surface area contributed by atoms with Crippen molar-refractivity contribution < 1.29 is 19.4 Å². The Hall–Kier alpha value is -1.36. The summed E-state index contributed by atoms with van der Waals surface area (Å²) in [6.45, 7) is 2.71. The van der Waals surface area contributed by atoms with Gasteiger partial charge in [0, 0.05) is 13.2 Å². The van der Waals surface area contributed by atoms with Crippen molar-refractivity contribution in [3.05, 3.63) is 11.6 Å². The monoisotopic (exact) mass is 225 g/mol. The van der Waals surface area contributed by atoms with Crippen LogP contribution in [0.1, 0.15) is 19.8 Å². The van der Waals surface area contributed by atoms with E-state index in [1.807, 2.05) is 0 Å². The molecule has 0 aromatic carbocycles. The number of carbonyl (C=O) groups is 2. The van der Waals surface area contributed by atoms with Crippen LogP contribution in [-0.2, 0) is 14.3 Å². The third kappa shape index (κ3) is 1.82. The van der Waals surface area contributed by atoms with Crippen LogP contribution < -0.4 is 0 Å². The Kier molecular flexibility index (Phi) is 2.96. The van der Waals surface area contributed by atoms with Gasteiger partial charge in [-0.15, -0.1) is 0 Å². The highest BCUT2D eigenvalue weighted by molar-refractivity contribution is 5.89. The van der Waals surface area contributed by atoms with Crippen molar-refractivity contribution in [1.29, 1.82) is 0 Å². The molecule has 0 aromatic rings. The average Bonchev–Trinajstić information content (AvgIpc) is 2.84. The van der Waals surface area contributed by atoms with Gasteiger partial charge in [0.25, 0.3) is 5.91 Å². The molecule has 5 heteroatoms. The lowest BCUT2D eigenvalue weighted by molar-refractivity contribution is -0.151. The molecule has 0 aromatic heterocycles. The summed E-state index contributed by atoms with van der Waals surface area (Å²) in [5, 5.41) is 9.07. The van der Waals surface area contributed by atoms with E-state index < -0.39 is 18.1 Å². The molecule has 1 saturated heterocycles. The highest BCUT2D eigenvalue weighted by Crippen LogP contribution is 2.23. The van der Waals surface area contributed by atoms with Crippen LogP contribution in [0, 0.1) is 0 Å². The number of hydrogen-bond acceptors (Lipinski definition) is 3. The molecule has 1 N–H and O–H groups in total. The molecule has 2 heterocycles. The number of carboxylic acids is 1. The second-order valence-corrected chi connectivity index (χ2v) is 4.18. The normalized spacial score (nSPS) is 29.3. The van der Waals surface area contributed by atoms with Crippen LogP contribution in [0.2, 0.25) is 0 Å². The van der Waals surface area contributed by atoms with E-state index in [1.54, 1.807) is 13.0 Å². The molecule has 2 aliphatic rings. The lowest BCUT2D eigenvalue weighted by Gasteiger charge is -2.25. The molecule has 1 fully saturated rings. The number of rotatable bonds is 2. The van der Waals surface area contributed by atoms with E-state index in [2.05, 4.69) is 0 Å². The summed E-state index contributed by atoms with van der Waals surface area (Å²) in [7, 11) is 0. The molecule has 2 rings (SSSR count). The van der Waals surface area contributed by atoms with E-state index in [4.69, 9.17) is 9.84 Å². The number of hydrogen-bond donors (Lipinski definition) is 1. The van der Waals surface area contributed by atoms with Gasteiger partial charge in [0.2, 0.25) is 0 Å². The van der Waals surface area contributed by atoms with E-state index in [-0.39, 0.29) is 5.91 Å². The van der Waals surface area contributed by atoms with Gasteiger partial charge in [0.15, 0.2) is 6.04 Å². The van der Waals surface area contributed by atoms with Crippen molar-refractivity contribution in [2.75, 3.05) is 13.2 Å². The van der Waals surface area contributed by atoms with Gasteiger partial charge in [-0.1, -0.05) is 6.08 Å². The molecule has 2 aliphatic heterocycles. The van der Waals surface area contributed by atoms with Crippen LogP contribution >= 0.6 is 0 Å². The van der Waals surface area contributed by atoms with E-state index in [9.17, 15) is 9.59 Å². The summed E-state index contributed by atoms with van der Waals surface area (Å²) in [4.78, 5) is 24.5. The molecular formula is C11H15NO4. The quantitative estimate of drug-likeness (QED) is 0.691. The van der Waals surface area contributed by atoms with E-state index in [0.29, 0.717) is 19.6 Å². The molecule has 0 saturated carbocycles. The third-order valence-electron chi connectivity index (χ3n) is 3.08. The molecule has 88 valence electrons. The standard InChI is InChI=1S/C11H15NO4/c1-7-4-5-12(9(7)11(14)15)10(13)8-3-2-6-16-8/h4,8-9H,2-3,5-6H2,1H3,(H,14,15). The summed E-state index contributed by atoms with van der Waals surface area (Å²) in [6.07, 6.45) is 2.90. The predicted octanol–water partition coefficient (Wildman–Crippen LogP) is 0.407. The summed E-state index contributed by atoms with van der Waals surface area (Å²) < 4.78 is 5.28. The lowest BCUT2D eigenvalue weighted by Crippen LogP contribution is -2.46. The Morgan fingerprint density at radius 1 is 1.56 bits per heavy atom. The first-order valence-corrected chi connectivity index (χ1v) is 5.43. The first-order valence-electron chi connectivity index (χ1n) is 5.43. The third-order valence-corrected chi connectivity index (χ3v) is 3.08. The van der Waals surface area contributed by atoms with Crippen molar-refractivity contribution in [1.82, 2.24) is 4.90 Å². The predicted molar refractivity (Wildman–Crippen MR) is 55.9 cm³/mol. The minimum Gasteiger partial charge on any atom is -0.479 e. The van der Waals surface area contributed by atoms with Crippen molar-refractivity contribution in [2.24, 2.45) is 0 Å². The zero-order valence-electron chi connectivity index (χ0n) is 9.18. The van der Waals surface area contributed by atoms with Gasteiger partial charge in [0.1, 0.15) is 6.10 Å². The van der Waals surface area contributed by atoms with Gasteiger partial charge in [-0.25, -0.2) is 4.79 Å². The summed E-state index contributed by atoms with van der Waals surface area (Å²) in [6, 6.07) is -0.809. The van der Waals surface area contributed by atoms with Crippen molar-refractivity contribution in [3.63, 3.8) is 0 Å². The first kappa shape index (κ1) is 11.1. The Morgan fingerprint density at radius 2 is 2.31 bits per heavy atom. The molecular weight excluding hydrogens is 210 g/mol. The number of carbonyl (C=O) groups excluding carboxylic acids is 1. The fraction of sp³-hybridized carbons (Fsp3) is 0.636. The van der Waals surface area contributed by atoms with Crippen LogP contribution in [-0.4, -0.2) is 47.2 Å². The Bertz CT molecular complexity index is 344. The van der Waals surface area contributed by atoms with E-state index in [1.165, 1.54) is 4.90 Å². The minimum atomic E-state index is -0.974. The van der Waals surface area contributed by atoms with Crippen LogP contribution in [0.25, 0.3) is 0 Å². The maximum absolute atomic E-state index is 12.0. The summed E-state index contributed by atoms with van der Waals surface area (Å²) in [5.41, 5.74) is 0.721. The number of nitrogens with zero attached hydrogens (tertiary/aromatic N) is 1. The largest absolute Gasteiger partial charge is 0.479 e. The number of amides is 1. The molecule has 0 aliphatic carbocycles. The first-order chi connectivity index (χ1) is 7.61. The second-order valence-electron chi connectivity index (χ2n) is 4.18. The van der Waals surface area contributed by atoms with Crippen molar-refractivity contribution >= 4 is 11.9 Å². The molecule has 0 bridgehead atoms. The van der Waals surface area contributed by atoms with Crippen molar-refractivity contribution in [3.8, 4) is 0 Å². The number of aliphatic carboxylic acids is 1. The van der Waals surface area contributed by atoms with Gasteiger partial charge in [-0.3, -0.25) is 4.79 Å². The average molecular weight is 225 g/mol. The van der Waals surface area contributed by atoms with Crippen LogP contribution in [0.4, 0.5) is 0 Å². The van der Waals surface area contributed by atoms with Gasteiger partial charge in [-0.2, -0.15) is 0 Å². The lowest BCUT2D eigenvalue weighted by atomic mass is 10.1. The minimum absolute atomic E-state index is 0.196. The van der Waals surface area contributed by atoms with Crippen LogP contribution in [0.15, 0.2) is 11.6 Å². The second kappa shape index (κ2) is 4.25. The molecule has 0 radical (unpaired) electrons. The van der Waals surface area contributed by atoms with E-state index in [0.717, 1.165) is 12.0 Å². The van der Waals surface area contributed by atoms with Gasteiger partial charge >= 0.3 is 5.97 Å². The molecule has 0 spiro atoms. The molecule has 1 amide bonds. The van der Waals surface area contributed by atoms with Crippen LogP contribution in [0.5, 0.6) is 0 Å². The SMILES string of the molecule is CC1=CCN(C(=O)C2CCCO2)C1C(=O)O. The zero-order chi connectivity index (χ0) is 11.7. The Labute approximate surface area is 93.7 Å². The Morgan fingerprint density at radius 3 is 2.88 bits per heavy atom. The number of ether oxygens (including phenoxy) is 1. The zero-order valence-corrected chi connectivity index (χ0v) is 9.18. The van der Waals surface area contributed by atoms with Crippen molar-refractivity contribution in [2.45, 2.75) is 31.9 Å². The molecule has 2 unspecified atom stereocenters. The molecule has 2 atom stereocenters. The van der Waals surface area contributed by atoms with Gasteiger partial charge < -0.3 is 14.7 Å². The maximum Gasteiger partial charge on any atom is 0.330 e. The summed E-state index contributed by atoms with van der Waals surface area (Å²) in [5.74, 6) is -1.17. The Balaban J connectivity index is 2.09. The highest BCUT2D eigenvalue weighted by Gasteiger charge is 2.38. The van der Waals surface area contributed by atoms with Crippen LogP contribution in [0.3, 0.4) is 0 Å². The maximum atomic E-state index is 12.0. The molecule has 5 nitrogen and oxygen atoms in total. The van der Waals surface area contributed by atoms with Gasteiger partial charge in [0.05, 0.1) is 0 Å². The fourth-order valence-electron chi connectivity index (χ4n) is 2.21.